The largest absolute Gasteiger partial charge is 0.396 e. The number of carbonyl (C=O) groups excluding carboxylic acids is 1. The molecule has 1 unspecified atom stereocenters. The summed E-state index contributed by atoms with van der Waals surface area (Å²) in [4.78, 5) is 12.3. The molecule has 0 aliphatic carbocycles. The van der Waals surface area contributed by atoms with Crippen LogP contribution in [0.3, 0.4) is 0 Å². The van der Waals surface area contributed by atoms with Crippen LogP contribution in [-0.4, -0.2) is 55.7 Å². The van der Waals surface area contributed by atoms with Crippen LogP contribution in [-0.2, 0) is 14.8 Å². The van der Waals surface area contributed by atoms with Gasteiger partial charge in [0.2, 0.25) is 15.9 Å². The number of carbonyl (C=O) groups is 1. The van der Waals surface area contributed by atoms with E-state index in [1.54, 1.807) is 0 Å². The Bertz CT molecular complexity index is 448. The lowest BCUT2D eigenvalue weighted by Crippen LogP contribution is -2.52. The van der Waals surface area contributed by atoms with Gasteiger partial charge in [-0.15, -0.1) is 0 Å². The molecular formula is C14H28N2O4S. The zero-order valence-corrected chi connectivity index (χ0v) is 14.1. The topological polar surface area (TPSA) is 86.7 Å². The molecule has 0 saturated carbocycles. The zero-order valence-electron chi connectivity index (χ0n) is 13.3. The quantitative estimate of drug-likeness (QED) is 0.723. The third kappa shape index (κ3) is 5.92. The van der Waals surface area contributed by atoms with Gasteiger partial charge >= 0.3 is 0 Å². The predicted octanol–water partition coefficient (Wildman–Crippen LogP) is 0.715. The van der Waals surface area contributed by atoms with E-state index in [4.69, 9.17) is 5.11 Å². The highest BCUT2D eigenvalue weighted by molar-refractivity contribution is 7.88. The highest BCUT2D eigenvalue weighted by atomic mass is 32.2. The Morgan fingerprint density at radius 2 is 2.05 bits per heavy atom. The van der Waals surface area contributed by atoms with Crippen LogP contribution in [0.1, 0.15) is 46.0 Å². The van der Waals surface area contributed by atoms with Crippen molar-refractivity contribution < 1.29 is 18.3 Å². The number of nitrogens with zero attached hydrogens (tertiary/aromatic N) is 1. The molecule has 6 nitrogen and oxygen atoms in total. The first kappa shape index (κ1) is 18.4. The Kier molecular flexibility index (Phi) is 6.62. The van der Waals surface area contributed by atoms with E-state index in [0.29, 0.717) is 25.9 Å². The lowest BCUT2D eigenvalue weighted by atomic mass is 9.87. The van der Waals surface area contributed by atoms with Crippen LogP contribution in [0.2, 0.25) is 0 Å². The maximum Gasteiger partial charge on any atom is 0.238 e. The third-order valence-corrected chi connectivity index (χ3v) is 5.22. The van der Waals surface area contributed by atoms with Crippen molar-refractivity contribution in [1.29, 1.82) is 0 Å². The van der Waals surface area contributed by atoms with Gasteiger partial charge in [-0.3, -0.25) is 4.79 Å². The number of piperidine rings is 1. The molecule has 0 aromatic carbocycles. The molecule has 21 heavy (non-hydrogen) atoms. The van der Waals surface area contributed by atoms with Crippen LogP contribution < -0.4 is 5.32 Å². The van der Waals surface area contributed by atoms with Crippen LogP contribution in [0.25, 0.3) is 0 Å². The van der Waals surface area contributed by atoms with Crippen molar-refractivity contribution in [3.8, 4) is 0 Å². The van der Waals surface area contributed by atoms with Crippen LogP contribution in [0.4, 0.5) is 0 Å². The molecule has 0 radical (unpaired) electrons. The van der Waals surface area contributed by atoms with E-state index in [0.717, 1.165) is 25.5 Å². The van der Waals surface area contributed by atoms with Crippen molar-refractivity contribution in [3.63, 3.8) is 0 Å². The molecule has 0 aromatic rings. The van der Waals surface area contributed by atoms with E-state index < -0.39 is 16.1 Å². The predicted molar refractivity (Wildman–Crippen MR) is 82.3 cm³/mol. The van der Waals surface area contributed by atoms with E-state index in [2.05, 4.69) is 5.32 Å². The molecule has 1 aliphatic heterocycles. The second kappa shape index (κ2) is 7.56. The molecule has 0 bridgehead atoms. The molecule has 1 heterocycles. The summed E-state index contributed by atoms with van der Waals surface area (Å²) < 4.78 is 24.8. The highest BCUT2D eigenvalue weighted by Gasteiger charge is 2.34. The molecule has 1 saturated heterocycles. The summed E-state index contributed by atoms with van der Waals surface area (Å²) in [7, 11) is -3.35. The standard InChI is InChI=1S/C14H28N2O4S/c1-14(2,8-6-10-17)11-15-13(18)12-7-4-5-9-16(12)21(3,19)20/h12,17H,4-11H2,1-3H3,(H,15,18). The molecule has 2 N–H and O–H groups in total. The van der Waals surface area contributed by atoms with Crippen molar-refractivity contribution in [2.45, 2.75) is 52.0 Å². The van der Waals surface area contributed by atoms with Gasteiger partial charge in [0, 0.05) is 19.7 Å². The Hall–Kier alpha value is -0.660. The molecule has 7 heteroatoms. The van der Waals surface area contributed by atoms with Gasteiger partial charge in [0.25, 0.3) is 0 Å². The van der Waals surface area contributed by atoms with Gasteiger partial charge in [-0.2, -0.15) is 4.31 Å². The molecular weight excluding hydrogens is 292 g/mol. The van der Waals surface area contributed by atoms with Gasteiger partial charge in [-0.25, -0.2) is 8.42 Å². The van der Waals surface area contributed by atoms with Gasteiger partial charge in [0.1, 0.15) is 6.04 Å². The van der Waals surface area contributed by atoms with Crippen molar-refractivity contribution in [2.24, 2.45) is 5.41 Å². The highest BCUT2D eigenvalue weighted by Crippen LogP contribution is 2.23. The normalized spacial score (nSPS) is 21.2. The first-order valence-electron chi connectivity index (χ1n) is 7.53. The number of aliphatic hydroxyl groups excluding tert-OH is 1. The summed E-state index contributed by atoms with van der Waals surface area (Å²) in [6.07, 6.45) is 4.92. The minimum absolute atomic E-state index is 0.108. The van der Waals surface area contributed by atoms with Crippen LogP contribution in [0.15, 0.2) is 0 Å². The minimum Gasteiger partial charge on any atom is -0.396 e. The second-order valence-corrected chi connectivity index (χ2v) is 8.53. The molecule has 1 amide bonds. The number of sulfonamides is 1. The van der Waals surface area contributed by atoms with Crippen molar-refractivity contribution in [2.75, 3.05) is 26.0 Å². The van der Waals surface area contributed by atoms with Crippen molar-refractivity contribution >= 4 is 15.9 Å². The van der Waals surface area contributed by atoms with E-state index in [-0.39, 0.29) is 17.9 Å². The van der Waals surface area contributed by atoms with Crippen LogP contribution >= 0.6 is 0 Å². The number of aliphatic hydroxyl groups is 1. The van der Waals surface area contributed by atoms with Gasteiger partial charge < -0.3 is 10.4 Å². The summed E-state index contributed by atoms with van der Waals surface area (Å²) >= 11 is 0. The molecule has 124 valence electrons. The molecule has 1 fully saturated rings. The third-order valence-electron chi connectivity index (χ3n) is 3.94. The average molecular weight is 320 g/mol. The number of hydrogen-bond donors (Lipinski definition) is 2. The SMILES string of the molecule is CC(C)(CCCO)CNC(=O)C1CCCCN1S(C)(=O)=O. The second-order valence-electron chi connectivity index (χ2n) is 6.59. The summed E-state index contributed by atoms with van der Waals surface area (Å²) in [6, 6.07) is -0.581. The molecule has 1 aliphatic rings. The lowest BCUT2D eigenvalue weighted by molar-refractivity contribution is -0.126. The fourth-order valence-corrected chi connectivity index (χ4v) is 3.78. The van der Waals surface area contributed by atoms with Gasteiger partial charge in [-0.1, -0.05) is 20.3 Å². The fourth-order valence-electron chi connectivity index (χ4n) is 2.65. The Morgan fingerprint density at radius 3 is 2.62 bits per heavy atom. The maximum absolute atomic E-state index is 12.3. The van der Waals surface area contributed by atoms with E-state index in [1.807, 2.05) is 13.8 Å². The lowest BCUT2D eigenvalue weighted by Gasteiger charge is -2.33. The molecule has 0 spiro atoms. The van der Waals surface area contributed by atoms with Crippen molar-refractivity contribution in [1.82, 2.24) is 9.62 Å². The van der Waals surface area contributed by atoms with Crippen LogP contribution in [0, 0.1) is 5.41 Å². The van der Waals surface area contributed by atoms with Gasteiger partial charge in [-0.05, 0) is 31.1 Å². The number of rotatable bonds is 7. The first-order chi connectivity index (χ1) is 9.67. The maximum atomic E-state index is 12.3. The summed E-state index contributed by atoms with van der Waals surface area (Å²) in [5.41, 5.74) is -0.108. The smallest absolute Gasteiger partial charge is 0.238 e. The number of amides is 1. The molecule has 0 aromatic heterocycles. The summed E-state index contributed by atoms with van der Waals surface area (Å²) in [5.74, 6) is -0.211. The van der Waals surface area contributed by atoms with E-state index >= 15 is 0 Å². The minimum atomic E-state index is -3.35. The summed E-state index contributed by atoms with van der Waals surface area (Å²) in [5, 5.41) is 11.8. The van der Waals surface area contributed by atoms with Gasteiger partial charge in [0.15, 0.2) is 0 Å². The molecule has 1 rings (SSSR count). The first-order valence-corrected chi connectivity index (χ1v) is 9.37. The van der Waals surface area contributed by atoms with E-state index in [1.165, 1.54) is 4.31 Å². The number of hydrogen-bond acceptors (Lipinski definition) is 4. The number of nitrogens with one attached hydrogen (secondary N) is 1. The Labute approximate surface area is 128 Å². The monoisotopic (exact) mass is 320 g/mol. The van der Waals surface area contributed by atoms with Gasteiger partial charge in [0.05, 0.1) is 6.26 Å². The Balaban J connectivity index is 2.61. The summed E-state index contributed by atoms with van der Waals surface area (Å²) in [6.45, 7) is 5.10. The Morgan fingerprint density at radius 1 is 1.38 bits per heavy atom. The van der Waals surface area contributed by atoms with Crippen molar-refractivity contribution in [3.05, 3.63) is 0 Å². The molecule has 1 atom stereocenters. The fraction of sp³-hybridized carbons (Fsp3) is 0.929. The zero-order chi connectivity index (χ0) is 16.1. The van der Waals surface area contributed by atoms with Crippen LogP contribution in [0.5, 0.6) is 0 Å². The average Bonchev–Trinajstić information content (AvgIpc) is 2.42. The van der Waals surface area contributed by atoms with E-state index in [9.17, 15) is 13.2 Å².